The molecule has 0 bridgehead atoms. The van der Waals surface area contributed by atoms with Crippen molar-refractivity contribution in [2.24, 2.45) is 5.92 Å². The highest BCUT2D eigenvalue weighted by atomic mass is 32.2. The van der Waals surface area contributed by atoms with Crippen molar-refractivity contribution in [1.29, 1.82) is 0 Å². The number of rotatable bonds is 5. The molecule has 0 N–H and O–H groups in total. The molecule has 2 atom stereocenters. The van der Waals surface area contributed by atoms with Gasteiger partial charge in [0.25, 0.3) is 0 Å². The van der Waals surface area contributed by atoms with Gasteiger partial charge in [0.1, 0.15) is 0 Å². The first-order chi connectivity index (χ1) is 10.3. The summed E-state index contributed by atoms with van der Waals surface area (Å²) < 4.78 is 31.6. The van der Waals surface area contributed by atoms with E-state index in [-0.39, 0.29) is 11.4 Å². The van der Waals surface area contributed by atoms with Crippen LogP contribution in [0.5, 0.6) is 0 Å². The van der Waals surface area contributed by atoms with Crippen molar-refractivity contribution in [2.45, 2.75) is 56.8 Å². The third kappa shape index (κ3) is 3.79. The van der Waals surface area contributed by atoms with Crippen molar-refractivity contribution in [1.82, 2.24) is 0 Å². The van der Waals surface area contributed by atoms with Gasteiger partial charge in [0.15, 0.2) is 9.84 Å². The SMILES string of the molecule is CC(C)=C1CC(S(=O)(=O)c2ccccc2)CC1OCC(C)C. The van der Waals surface area contributed by atoms with Gasteiger partial charge in [-0.1, -0.05) is 37.6 Å². The minimum atomic E-state index is -3.29. The van der Waals surface area contributed by atoms with E-state index >= 15 is 0 Å². The third-order valence-electron chi connectivity index (χ3n) is 4.10. The molecule has 22 heavy (non-hydrogen) atoms. The predicted molar refractivity (Wildman–Crippen MR) is 89.6 cm³/mol. The summed E-state index contributed by atoms with van der Waals surface area (Å²) >= 11 is 0. The number of hydrogen-bond acceptors (Lipinski definition) is 3. The molecule has 0 aromatic heterocycles. The molecule has 0 spiro atoms. The Bertz CT molecular complexity index is 626. The highest BCUT2D eigenvalue weighted by molar-refractivity contribution is 7.92. The first kappa shape index (κ1) is 17.2. The van der Waals surface area contributed by atoms with Gasteiger partial charge in [-0.3, -0.25) is 0 Å². The van der Waals surface area contributed by atoms with Crippen LogP contribution < -0.4 is 0 Å². The molecule has 2 rings (SSSR count). The van der Waals surface area contributed by atoms with Crippen molar-refractivity contribution in [3.05, 3.63) is 41.5 Å². The lowest BCUT2D eigenvalue weighted by atomic mass is 10.1. The zero-order valence-electron chi connectivity index (χ0n) is 13.9. The summed E-state index contributed by atoms with van der Waals surface area (Å²) in [5.41, 5.74) is 2.34. The second-order valence-corrected chi connectivity index (χ2v) is 8.89. The van der Waals surface area contributed by atoms with Gasteiger partial charge in [0, 0.05) is 6.61 Å². The molecule has 122 valence electrons. The first-order valence-electron chi connectivity index (χ1n) is 7.89. The van der Waals surface area contributed by atoms with Crippen molar-refractivity contribution in [3.63, 3.8) is 0 Å². The van der Waals surface area contributed by atoms with Crippen molar-refractivity contribution < 1.29 is 13.2 Å². The summed E-state index contributed by atoms with van der Waals surface area (Å²) in [5.74, 6) is 0.447. The molecule has 2 unspecified atom stereocenters. The molecule has 0 amide bonds. The molecule has 0 saturated heterocycles. The Morgan fingerprint density at radius 1 is 1.23 bits per heavy atom. The van der Waals surface area contributed by atoms with Gasteiger partial charge in [-0.05, 0) is 50.3 Å². The Hall–Kier alpha value is -1.13. The molecule has 1 saturated carbocycles. The number of ether oxygens (including phenoxy) is 1. The zero-order chi connectivity index (χ0) is 16.3. The number of hydrogen-bond donors (Lipinski definition) is 0. The van der Waals surface area contributed by atoms with E-state index in [0.717, 1.165) is 5.57 Å². The van der Waals surface area contributed by atoms with Crippen LogP contribution in [0.1, 0.15) is 40.5 Å². The number of sulfone groups is 1. The molecule has 0 heterocycles. The van der Waals surface area contributed by atoms with Crippen molar-refractivity contribution in [3.8, 4) is 0 Å². The Morgan fingerprint density at radius 2 is 1.86 bits per heavy atom. The van der Waals surface area contributed by atoms with Crippen LogP contribution in [0.2, 0.25) is 0 Å². The zero-order valence-corrected chi connectivity index (χ0v) is 14.7. The van der Waals surface area contributed by atoms with Crippen LogP contribution in [0.4, 0.5) is 0 Å². The quantitative estimate of drug-likeness (QED) is 0.770. The van der Waals surface area contributed by atoms with Gasteiger partial charge < -0.3 is 4.74 Å². The Labute approximate surface area is 134 Å². The van der Waals surface area contributed by atoms with Gasteiger partial charge in [-0.25, -0.2) is 8.42 Å². The lowest BCUT2D eigenvalue weighted by Gasteiger charge is -2.16. The second-order valence-electron chi connectivity index (χ2n) is 6.66. The molecule has 0 radical (unpaired) electrons. The van der Waals surface area contributed by atoms with Crippen LogP contribution >= 0.6 is 0 Å². The van der Waals surface area contributed by atoms with Crippen molar-refractivity contribution in [2.75, 3.05) is 6.61 Å². The normalized spacial score (nSPS) is 22.3. The summed E-state index contributed by atoms with van der Waals surface area (Å²) in [6.07, 6.45) is 1.09. The highest BCUT2D eigenvalue weighted by Gasteiger charge is 2.39. The van der Waals surface area contributed by atoms with E-state index in [9.17, 15) is 8.42 Å². The molecular weight excluding hydrogens is 296 g/mol. The van der Waals surface area contributed by atoms with Gasteiger partial charge in [-0.15, -0.1) is 0 Å². The largest absolute Gasteiger partial charge is 0.374 e. The second kappa shape index (κ2) is 6.97. The minimum Gasteiger partial charge on any atom is -0.374 e. The summed E-state index contributed by atoms with van der Waals surface area (Å²) in [6.45, 7) is 8.96. The van der Waals surface area contributed by atoms with E-state index in [1.165, 1.54) is 5.57 Å². The van der Waals surface area contributed by atoms with Crippen molar-refractivity contribution >= 4 is 9.84 Å². The molecular formula is C18H26O3S. The highest BCUT2D eigenvalue weighted by Crippen LogP contribution is 2.37. The Morgan fingerprint density at radius 3 is 2.41 bits per heavy atom. The molecule has 3 nitrogen and oxygen atoms in total. The summed E-state index contributed by atoms with van der Waals surface area (Å²) in [6, 6.07) is 8.75. The summed E-state index contributed by atoms with van der Waals surface area (Å²) in [7, 11) is -3.29. The molecule has 1 aliphatic rings. The summed E-state index contributed by atoms with van der Waals surface area (Å²) in [5, 5.41) is -0.378. The molecule has 1 aliphatic carbocycles. The molecule has 1 fully saturated rings. The average Bonchev–Trinajstić information content (AvgIpc) is 2.91. The standard InChI is InChI=1S/C18H26O3S/c1-13(2)12-21-18-11-16(10-17(18)14(3)4)22(19,20)15-8-6-5-7-9-15/h5-9,13,16,18H,10-12H2,1-4H3. The van der Waals surface area contributed by atoms with Gasteiger partial charge in [-0.2, -0.15) is 0 Å². The maximum atomic E-state index is 12.8. The van der Waals surface area contributed by atoms with Gasteiger partial charge in [0.2, 0.25) is 0 Å². The van der Waals surface area contributed by atoms with E-state index in [4.69, 9.17) is 4.74 Å². The lowest BCUT2D eigenvalue weighted by molar-refractivity contribution is 0.0617. The predicted octanol–water partition coefficient (Wildman–Crippen LogP) is 4.00. The van der Waals surface area contributed by atoms with E-state index in [1.54, 1.807) is 24.3 Å². The van der Waals surface area contributed by atoms with Crippen LogP contribution in [-0.2, 0) is 14.6 Å². The lowest BCUT2D eigenvalue weighted by Crippen LogP contribution is -2.21. The van der Waals surface area contributed by atoms with Crippen LogP contribution in [-0.4, -0.2) is 26.4 Å². The van der Waals surface area contributed by atoms with Crippen LogP contribution in [0, 0.1) is 5.92 Å². The van der Waals surface area contributed by atoms with Crippen LogP contribution in [0.15, 0.2) is 46.4 Å². The first-order valence-corrected chi connectivity index (χ1v) is 9.43. The maximum absolute atomic E-state index is 12.8. The van der Waals surface area contributed by atoms with E-state index in [1.807, 2.05) is 19.9 Å². The Balaban J connectivity index is 2.23. The monoisotopic (exact) mass is 322 g/mol. The Kier molecular flexibility index (Phi) is 5.45. The topological polar surface area (TPSA) is 43.4 Å². The molecule has 1 aromatic rings. The van der Waals surface area contributed by atoms with E-state index in [2.05, 4.69) is 13.8 Å². The fourth-order valence-electron chi connectivity index (χ4n) is 2.88. The maximum Gasteiger partial charge on any atom is 0.181 e. The van der Waals surface area contributed by atoms with Gasteiger partial charge in [0.05, 0.1) is 16.2 Å². The molecule has 4 heteroatoms. The van der Waals surface area contributed by atoms with Crippen LogP contribution in [0.3, 0.4) is 0 Å². The fourth-order valence-corrected chi connectivity index (χ4v) is 4.63. The van der Waals surface area contributed by atoms with Gasteiger partial charge >= 0.3 is 0 Å². The van der Waals surface area contributed by atoms with Crippen LogP contribution in [0.25, 0.3) is 0 Å². The fraction of sp³-hybridized carbons (Fsp3) is 0.556. The molecule has 1 aromatic carbocycles. The minimum absolute atomic E-state index is 0.0594. The summed E-state index contributed by atoms with van der Waals surface area (Å²) in [4.78, 5) is 0.414. The average molecular weight is 322 g/mol. The van der Waals surface area contributed by atoms with E-state index < -0.39 is 9.84 Å². The number of benzene rings is 1. The van der Waals surface area contributed by atoms with E-state index in [0.29, 0.717) is 30.3 Å². The number of allylic oxidation sites excluding steroid dienone is 1. The molecule has 0 aliphatic heterocycles. The smallest absolute Gasteiger partial charge is 0.181 e. The third-order valence-corrected chi connectivity index (χ3v) is 6.26.